The standard InChI is InChI=1S/C11H12F3NO4S2/c12-11(13,14)7-2-1-5-15(6-7)21(18,19)9-4-3-8(20-9)10(16)17/h3-4,7H,1-2,5-6H2,(H,16,17). The highest BCUT2D eigenvalue weighted by molar-refractivity contribution is 7.91. The first kappa shape index (κ1) is 16.2. The summed E-state index contributed by atoms with van der Waals surface area (Å²) in [6.45, 7) is -0.610. The van der Waals surface area contributed by atoms with Crippen molar-refractivity contribution < 1.29 is 31.5 Å². The summed E-state index contributed by atoms with van der Waals surface area (Å²) in [5.74, 6) is -2.95. The van der Waals surface area contributed by atoms with Crippen molar-refractivity contribution in [2.45, 2.75) is 23.2 Å². The number of carbonyl (C=O) groups is 1. The Morgan fingerprint density at radius 2 is 2.05 bits per heavy atom. The monoisotopic (exact) mass is 343 g/mol. The van der Waals surface area contributed by atoms with Gasteiger partial charge in [-0.3, -0.25) is 0 Å². The zero-order valence-corrected chi connectivity index (χ0v) is 12.3. The van der Waals surface area contributed by atoms with Gasteiger partial charge in [0.05, 0.1) is 5.92 Å². The summed E-state index contributed by atoms with van der Waals surface area (Å²) < 4.78 is 63.2. The van der Waals surface area contributed by atoms with Gasteiger partial charge in [0.1, 0.15) is 9.09 Å². The van der Waals surface area contributed by atoms with Gasteiger partial charge in [-0.2, -0.15) is 17.5 Å². The molecule has 1 N–H and O–H groups in total. The second kappa shape index (κ2) is 5.58. The Hall–Kier alpha value is -1.13. The molecular weight excluding hydrogens is 331 g/mol. The van der Waals surface area contributed by atoms with E-state index in [9.17, 15) is 26.4 Å². The van der Waals surface area contributed by atoms with Gasteiger partial charge in [0.25, 0.3) is 10.0 Å². The largest absolute Gasteiger partial charge is 0.477 e. The molecule has 118 valence electrons. The van der Waals surface area contributed by atoms with E-state index < -0.39 is 34.6 Å². The van der Waals surface area contributed by atoms with Crippen LogP contribution in [-0.4, -0.2) is 43.1 Å². The quantitative estimate of drug-likeness (QED) is 0.915. The zero-order valence-electron chi connectivity index (χ0n) is 10.6. The van der Waals surface area contributed by atoms with Crippen LogP contribution in [0.25, 0.3) is 0 Å². The first-order valence-electron chi connectivity index (χ1n) is 6.02. The van der Waals surface area contributed by atoms with Crippen molar-refractivity contribution in [1.82, 2.24) is 4.31 Å². The molecule has 1 aromatic heterocycles. The van der Waals surface area contributed by atoms with Crippen molar-refractivity contribution in [2.24, 2.45) is 5.92 Å². The van der Waals surface area contributed by atoms with Gasteiger partial charge in [-0.15, -0.1) is 11.3 Å². The Kier molecular flexibility index (Phi) is 4.31. The van der Waals surface area contributed by atoms with Gasteiger partial charge in [0.15, 0.2) is 0 Å². The second-order valence-electron chi connectivity index (χ2n) is 4.67. The van der Waals surface area contributed by atoms with Crippen LogP contribution in [0.4, 0.5) is 13.2 Å². The summed E-state index contributed by atoms with van der Waals surface area (Å²) in [6.07, 6.45) is -4.41. The van der Waals surface area contributed by atoms with Crippen LogP contribution in [0.3, 0.4) is 0 Å². The molecule has 1 aliphatic rings. The molecule has 0 spiro atoms. The molecule has 5 nitrogen and oxygen atoms in total. The van der Waals surface area contributed by atoms with Gasteiger partial charge in [0, 0.05) is 13.1 Å². The Morgan fingerprint density at radius 3 is 2.57 bits per heavy atom. The fourth-order valence-electron chi connectivity index (χ4n) is 2.13. The van der Waals surface area contributed by atoms with Crippen LogP contribution >= 0.6 is 11.3 Å². The number of halogens is 3. The Morgan fingerprint density at radius 1 is 1.38 bits per heavy atom. The van der Waals surface area contributed by atoms with Crippen LogP contribution in [0.5, 0.6) is 0 Å². The number of alkyl halides is 3. The molecule has 0 amide bonds. The van der Waals surface area contributed by atoms with Gasteiger partial charge < -0.3 is 5.11 Å². The molecule has 1 aliphatic heterocycles. The first-order valence-corrected chi connectivity index (χ1v) is 8.28. The van der Waals surface area contributed by atoms with E-state index >= 15 is 0 Å². The zero-order chi connectivity index (χ0) is 15.8. The van der Waals surface area contributed by atoms with Crippen LogP contribution in [0.2, 0.25) is 0 Å². The minimum atomic E-state index is -4.43. The molecule has 1 unspecified atom stereocenters. The summed E-state index contributed by atoms with van der Waals surface area (Å²) in [4.78, 5) is 10.6. The molecule has 0 saturated carbocycles. The van der Waals surface area contributed by atoms with Gasteiger partial charge >= 0.3 is 12.1 Å². The van der Waals surface area contributed by atoms with Crippen LogP contribution in [0, 0.1) is 5.92 Å². The number of nitrogens with zero attached hydrogens (tertiary/aromatic N) is 1. The van der Waals surface area contributed by atoms with E-state index in [1.54, 1.807) is 0 Å². The van der Waals surface area contributed by atoms with E-state index in [0.29, 0.717) is 11.3 Å². The first-order chi connectivity index (χ1) is 9.62. The van der Waals surface area contributed by atoms with Crippen LogP contribution in [0.1, 0.15) is 22.5 Å². The molecule has 10 heteroatoms. The predicted octanol–water partition coefficient (Wildman–Crippen LogP) is 2.41. The van der Waals surface area contributed by atoms with Gasteiger partial charge in [-0.25, -0.2) is 13.2 Å². The predicted molar refractivity (Wildman–Crippen MR) is 68.8 cm³/mol. The lowest BCUT2D eigenvalue weighted by Crippen LogP contribution is -2.44. The third kappa shape index (κ3) is 3.38. The summed E-state index contributed by atoms with van der Waals surface area (Å²) >= 11 is 0.540. The number of hydrogen-bond donors (Lipinski definition) is 1. The summed E-state index contributed by atoms with van der Waals surface area (Å²) in [5.41, 5.74) is 0. The number of thiophene rings is 1. The Labute approximate surface area is 123 Å². The molecule has 2 rings (SSSR count). The van der Waals surface area contributed by atoms with E-state index in [-0.39, 0.29) is 28.5 Å². The van der Waals surface area contributed by atoms with Gasteiger partial charge in [-0.05, 0) is 25.0 Å². The number of piperidine rings is 1. The van der Waals surface area contributed by atoms with E-state index in [1.807, 2.05) is 0 Å². The minimum Gasteiger partial charge on any atom is -0.477 e. The maximum Gasteiger partial charge on any atom is 0.393 e. The molecule has 0 aliphatic carbocycles. The smallest absolute Gasteiger partial charge is 0.393 e. The number of sulfonamides is 1. The normalized spacial score (nSPS) is 21.4. The number of aromatic carboxylic acids is 1. The van der Waals surface area contributed by atoms with E-state index in [2.05, 4.69) is 0 Å². The number of carboxylic acid groups (broad SMARTS) is 1. The third-order valence-electron chi connectivity index (χ3n) is 3.23. The van der Waals surface area contributed by atoms with Crippen molar-refractivity contribution in [1.29, 1.82) is 0 Å². The van der Waals surface area contributed by atoms with Gasteiger partial charge in [-0.1, -0.05) is 0 Å². The highest BCUT2D eigenvalue weighted by atomic mass is 32.2. The van der Waals surface area contributed by atoms with Gasteiger partial charge in [0.2, 0.25) is 0 Å². The van der Waals surface area contributed by atoms with Crippen molar-refractivity contribution in [3.63, 3.8) is 0 Å². The fraction of sp³-hybridized carbons (Fsp3) is 0.545. The highest BCUT2D eigenvalue weighted by Gasteiger charge is 2.44. The topological polar surface area (TPSA) is 74.7 Å². The molecule has 1 saturated heterocycles. The SMILES string of the molecule is O=C(O)c1ccc(S(=O)(=O)N2CCCC(C(F)(F)F)C2)s1. The molecule has 1 aromatic rings. The molecule has 2 heterocycles. The van der Waals surface area contributed by atoms with E-state index in [4.69, 9.17) is 5.11 Å². The maximum absolute atomic E-state index is 12.7. The molecule has 0 aromatic carbocycles. The molecule has 21 heavy (non-hydrogen) atoms. The van der Waals surface area contributed by atoms with Crippen molar-refractivity contribution >= 4 is 27.3 Å². The van der Waals surface area contributed by atoms with Crippen molar-refractivity contribution in [2.75, 3.05) is 13.1 Å². The van der Waals surface area contributed by atoms with E-state index in [0.717, 1.165) is 16.4 Å². The molecule has 0 radical (unpaired) electrons. The Balaban J connectivity index is 2.24. The third-order valence-corrected chi connectivity index (χ3v) is 6.64. The number of rotatable bonds is 3. The van der Waals surface area contributed by atoms with Crippen molar-refractivity contribution in [3.05, 3.63) is 17.0 Å². The van der Waals surface area contributed by atoms with Crippen LogP contribution < -0.4 is 0 Å². The van der Waals surface area contributed by atoms with Crippen molar-refractivity contribution in [3.8, 4) is 0 Å². The van der Waals surface area contributed by atoms with E-state index in [1.165, 1.54) is 0 Å². The number of carboxylic acids is 1. The molecular formula is C11H12F3NO4S2. The summed E-state index contributed by atoms with van der Waals surface area (Å²) in [5, 5.41) is 8.78. The lowest BCUT2D eigenvalue weighted by Gasteiger charge is -2.32. The average Bonchev–Trinajstić information content (AvgIpc) is 2.88. The van der Waals surface area contributed by atoms with Crippen LogP contribution in [-0.2, 0) is 10.0 Å². The lowest BCUT2D eigenvalue weighted by molar-refractivity contribution is -0.182. The molecule has 1 atom stereocenters. The second-order valence-corrected chi connectivity index (χ2v) is 7.92. The average molecular weight is 343 g/mol. The maximum atomic E-state index is 12.7. The van der Waals surface area contributed by atoms with Crippen LogP contribution in [0.15, 0.2) is 16.3 Å². The molecule has 1 fully saturated rings. The lowest BCUT2D eigenvalue weighted by atomic mass is 9.99. The molecule has 0 bridgehead atoms. The highest BCUT2D eigenvalue weighted by Crippen LogP contribution is 2.35. The minimum absolute atomic E-state index is 0.00914. The summed E-state index contributed by atoms with van der Waals surface area (Å²) in [7, 11) is -4.08. The number of hydrogen-bond acceptors (Lipinski definition) is 4. The summed E-state index contributed by atoms with van der Waals surface area (Å²) in [6, 6.07) is 2.24. The Bertz CT molecular complexity index is 638. The fourth-order valence-corrected chi connectivity index (χ4v) is 4.95.